The van der Waals surface area contributed by atoms with Gasteiger partial charge in [0, 0.05) is 45.2 Å². The zero-order chi connectivity index (χ0) is 25.7. The molecule has 1 fully saturated rings. The van der Waals surface area contributed by atoms with Gasteiger partial charge in [-0.2, -0.15) is 5.10 Å². The first-order chi connectivity index (χ1) is 18.0. The normalized spacial score (nSPS) is 19.2. The molecule has 2 aromatic heterocycles. The number of piperidine rings is 1. The largest absolute Gasteiger partial charge is 0.494 e. The van der Waals surface area contributed by atoms with Crippen LogP contribution in [0.4, 0.5) is 0 Å². The second-order valence-electron chi connectivity index (χ2n) is 10.1. The van der Waals surface area contributed by atoms with Crippen LogP contribution >= 0.6 is 0 Å². The number of rotatable bonds is 3. The summed E-state index contributed by atoms with van der Waals surface area (Å²) < 4.78 is 9.33. The molecule has 1 aromatic carbocycles. The average molecular weight is 507 g/mol. The molecule has 1 N–H and O–H groups in total. The van der Waals surface area contributed by atoms with Crippen molar-refractivity contribution in [1.82, 2.24) is 40.0 Å². The van der Waals surface area contributed by atoms with Crippen molar-refractivity contribution in [2.75, 3.05) is 26.2 Å². The first-order valence-corrected chi connectivity index (χ1v) is 13.0. The van der Waals surface area contributed by atoms with Crippen LogP contribution in [-0.2, 0) is 35.5 Å². The zero-order valence-corrected chi connectivity index (χ0v) is 21.3. The second-order valence-corrected chi connectivity index (χ2v) is 10.1. The molecule has 3 aliphatic rings. The lowest BCUT2D eigenvalue weighted by molar-refractivity contribution is -0.143. The summed E-state index contributed by atoms with van der Waals surface area (Å²) in [4.78, 5) is 32.6. The molecule has 6 rings (SSSR count). The van der Waals surface area contributed by atoms with Crippen LogP contribution in [0.25, 0.3) is 0 Å². The fourth-order valence-electron chi connectivity index (χ4n) is 5.19. The predicted molar refractivity (Wildman–Crippen MR) is 134 cm³/mol. The minimum atomic E-state index is -0.631. The number of aromatic nitrogens is 6. The minimum absolute atomic E-state index is 0.0223. The Bertz CT molecular complexity index is 1180. The maximum absolute atomic E-state index is 13.6. The number of aryl methyl sites for hydroxylation is 1. The lowest BCUT2D eigenvalue weighted by Gasteiger charge is -2.41. The minimum Gasteiger partial charge on any atom is -0.494 e. The van der Waals surface area contributed by atoms with Gasteiger partial charge in [-0.05, 0) is 37.0 Å². The van der Waals surface area contributed by atoms with E-state index in [1.165, 1.54) is 6.33 Å². The highest BCUT2D eigenvalue weighted by Gasteiger charge is 2.43. The number of hydrogen-bond acceptors (Lipinski definition) is 7. The summed E-state index contributed by atoms with van der Waals surface area (Å²) >= 11 is 0. The highest BCUT2D eigenvalue weighted by atomic mass is 16.5. The van der Waals surface area contributed by atoms with Crippen molar-refractivity contribution < 1.29 is 14.3 Å². The van der Waals surface area contributed by atoms with Gasteiger partial charge in [0.2, 0.25) is 11.8 Å². The molecule has 0 saturated carbocycles. The average Bonchev–Trinajstić information content (AvgIpc) is 3.59. The van der Waals surface area contributed by atoms with E-state index in [-0.39, 0.29) is 17.7 Å². The van der Waals surface area contributed by atoms with Crippen LogP contribution in [-0.4, -0.2) is 72.7 Å². The Kier molecular flexibility index (Phi) is 7.47. The van der Waals surface area contributed by atoms with Crippen molar-refractivity contribution in [2.24, 2.45) is 11.3 Å². The lowest BCUT2D eigenvalue weighted by Crippen LogP contribution is -2.52. The summed E-state index contributed by atoms with van der Waals surface area (Å²) in [6, 6.07) is 8.04. The molecule has 4 bridgehead atoms. The van der Waals surface area contributed by atoms with Crippen LogP contribution < -0.4 is 10.1 Å². The van der Waals surface area contributed by atoms with Crippen LogP contribution in [0.5, 0.6) is 5.75 Å². The van der Waals surface area contributed by atoms with E-state index in [0.29, 0.717) is 58.6 Å². The van der Waals surface area contributed by atoms with Crippen molar-refractivity contribution in [2.45, 2.75) is 52.1 Å². The van der Waals surface area contributed by atoms with E-state index in [1.807, 2.05) is 47.0 Å². The molecule has 3 aromatic rings. The molecule has 1 unspecified atom stereocenters. The molecular formula is C26H34N8O3. The molecule has 196 valence electrons. The second kappa shape index (κ2) is 11.1. The van der Waals surface area contributed by atoms with Gasteiger partial charge in [0.15, 0.2) is 0 Å². The van der Waals surface area contributed by atoms with Gasteiger partial charge in [-0.3, -0.25) is 19.0 Å². The van der Waals surface area contributed by atoms with Crippen LogP contribution in [0.1, 0.15) is 37.4 Å². The number of ether oxygens (including phenoxy) is 1. The third kappa shape index (κ3) is 5.98. The Morgan fingerprint density at radius 1 is 1.19 bits per heavy atom. The summed E-state index contributed by atoms with van der Waals surface area (Å²) in [5.41, 5.74) is 1.31. The molecule has 0 radical (unpaired) electrons. The van der Waals surface area contributed by atoms with Crippen molar-refractivity contribution >= 4 is 11.8 Å². The van der Waals surface area contributed by atoms with Gasteiger partial charge in [0.05, 0.1) is 30.2 Å². The maximum Gasteiger partial charge on any atom is 0.227 e. The van der Waals surface area contributed by atoms with E-state index >= 15 is 0 Å². The Balaban J connectivity index is 1.29. The lowest BCUT2D eigenvalue weighted by atomic mass is 9.73. The number of nitrogens with one attached hydrogen (secondary N) is 1. The molecule has 37 heavy (non-hydrogen) atoms. The summed E-state index contributed by atoms with van der Waals surface area (Å²) in [7, 11) is 0. The predicted octanol–water partition coefficient (Wildman–Crippen LogP) is 1.50. The molecule has 11 heteroatoms. The van der Waals surface area contributed by atoms with E-state index in [4.69, 9.17) is 4.74 Å². The number of amides is 2. The third-order valence-electron chi connectivity index (χ3n) is 7.39. The van der Waals surface area contributed by atoms with Gasteiger partial charge < -0.3 is 15.0 Å². The van der Waals surface area contributed by atoms with Gasteiger partial charge in [0.1, 0.15) is 18.4 Å². The van der Waals surface area contributed by atoms with E-state index in [9.17, 15) is 9.59 Å². The van der Waals surface area contributed by atoms with Gasteiger partial charge >= 0.3 is 0 Å². The number of carbonyl (C=O) groups excluding carboxylic acids is 2. The molecule has 11 nitrogen and oxygen atoms in total. The van der Waals surface area contributed by atoms with Crippen molar-refractivity contribution in [3.63, 3.8) is 0 Å². The Morgan fingerprint density at radius 3 is 2.76 bits per heavy atom. The Hall–Kier alpha value is -3.76. The van der Waals surface area contributed by atoms with E-state index in [0.717, 1.165) is 29.8 Å². The van der Waals surface area contributed by atoms with Gasteiger partial charge in [-0.25, -0.2) is 4.98 Å². The number of hydrogen-bond donors (Lipinski definition) is 1. The molecule has 3 aliphatic heterocycles. The van der Waals surface area contributed by atoms with Crippen LogP contribution in [0.15, 0.2) is 43.1 Å². The summed E-state index contributed by atoms with van der Waals surface area (Å²) in [6.07, 6.45) is 8.22. The fourth-order valence-corrected chi connectivity index (χ4v) is 5.19. The van der Waals surface area contributed by atoms with E-state index in [1.54, 1.807) is 11.0 Å². The maximum atomic E-state index is 13.6. The van der Waals surface area contributed by atoms with Gasteiger partial charge in [-0.15, -0.1) is 5.10 Å². The smallest absolute Gasteiger partial charge is 0.227 e. The highest BCUT2D eigenvalue weighted by Crippen LogP contribution is 2.36. The van der Waals surface area contributed by atoms with E-state index in [2.05, 4.69) is 25.7 Å². The summed E-state index contributed by atoms with van der Waals surface area (Å²) in [5.74, 6) is 0.717. The number of likely N-dealkylation sites (tertiary alicyclic amines) is 1. The highest BCUT2D eigenvalue weighted by molar-refractivity contribution is 5.84. The molecule has 1 atom stereocenters. The molecule has 2 amide bonds. The molecule has 1 saturated heterocycles. The Morgan fingerprint density at radius 2 is 2.00 bits per heavy atom. The molecular weight excluding hydrogens is 472 g/mol. The zero-order valence-electron chi connectivity index (χ0n) is 21.3. The molecule has 5 heterocycles. The number of benzene rings is 1. The van der Waals surface area contributed by atoms with Crippen LogP contribution in [0.2, 0.25) is 0 Å². The molecule has 0 aliphatic carbocycles. The van der Waals surface area contributed by atoms with Crippen molar-refractivity contribution in [3.05, 3.63) is 54.4 Å². The summed E-state index contributed by atoms with van der Waals surface area (Å²) in [6.45, 7) is 5.28. The standard InChI is InChI=1S/C26H34N8O3/c1-20(16-34-19-27-18-29-34)24(35)32-12-8-26(9-13-32)15-22-17-33(31-30-22)11-2-14-37-23-5-3-21(4-6-23)7-10-28-25(26)36/h3-6,17-20H,2,7-16H2,1H3,(H,28,36). The quantitative estimate of drug-likeness (QED) is 0.572. The van der Waals surface area contributed by atoms with Crippen molar-refractivity contribution in [3.8, 4) is 5.75 Å². The number of carbonyl (C=O) groups is 2. The SMILES string of the molecule is CC(Cn1cncn1)C(=O)N1CCC2(CC1)Cc1cn(nn1)CCCOc1ccc(cc1)CCNC2=O. The topological polar surface area (TPSA) is 120 Å². The van der Waals surface area contributed by atoms with Gasteiger partial charge in [-0.1, -0.05) is 24.3 Å². The first-order valence-electron chi connectivity index (χ1n) is 13.0. The Labute approximate surface area is 216 Å². The van der Waals surface area contributed by atoms with Crippen LogP contribution in [0.3, 0.4) is 0 Å². The molecule has 1 spiro atoms. The number of nitrogens with zero attached hydrogens (tertiary/aromatic N) is 7. The van der Waals surface area contributed by atoms with Crippen LogP contribution in [0, 0.1) is 11.3 Å². The first kappa shape index (κ1) is 24.9. The van der Waals surface area contributed by atoms with Gasteiger partial charge in [0.25, 0.3) is 0 Å². The van der Waals surface area contributed by atoms with Crippen molar-refractivity contribution in [1.29, 1.82) is 0 Å². The monoisotopic (exact) mass is 506 g/mol. The van der Waals surface area contributed by atoms with E-state index < -0.39 is 5.41 Å². The third-order valence-corrected chi connectivity index (χ3v) is 7.39. The fraction of sp³-hybridized carbons (Fsp3) is 0.538. The number of fused-ring (bicyclic) bond motifs is 8. The summed E-state index contributed by atoms with van der Waals surface area (Å²) in [5, 5.41) is 15.9.